The third-order valence-corrected chi connectivity index (χ3v) is 5.03. The van der Waals surface area contributed by atoms with Crippen molar-refractivity contribution >= 4 is 21.9 Å². The molecule has 4 rings (SSSR count). The van der Waals surface area contributed by atoms with E-state index in [9.17, 15) is 0 Å². The molecule has 3 heteroatoms. The molecule has 1 fully saturated rings. The van der Waals surface area contributed by atoms with Gasteiger partial charge in [-0.05, 0) is 63.5 Å². The summed E-state index contributed by atoms with van der Waals surface area (Å²) in [5, 5.41) is 6.14. The SMILES string of the molecule is CC(C)(CN1CCCC1)NCc1ccc2oc3ccccc3c2c1. The zero-order valence-electron chi connectivity index (χ0n) is 14.6. The van der Waals surface area contributed by atoms with Crippen molar-refractivity contribution in [1.29, 1.82) is 0 Å². The average molecular weight is 322 g/mol. The van der Waals surface area contributed by atoms with Gasteiger partial charge in [0.15, 0.2) is 0 Å². The highest BCUT2D eigenvalue weighted by Crippen LogP contribution is 2.29. The maximum atomic E-state index is 5.91. The summed E-state index contributed by atoms with van der Waals surface area (Å²) in [5.74, 6) is 0. The highest BCUT2D eigenvalue weighted by atomic mass is 16.3. The van der Waals surface area contributed by atoms with E-state index >= 15 is 0 Å². The van der Waals surface area contributed by atoms with Gasteiger partial charge in [0.05, 0.1) is 0 Å². The van der Waals surface area contributed by atoms with E-state index in [1.54, 1.807) is 0 Å². The van der Waals surface area contributed by atoms with Crippen LogP contribution in [0.4, 0.5) is 0 Å². The number of para-hydroxylation sites is 1. The molecular formula is C21H26N2O. The van der Waals surface area contributed by atoms with Gasteiger partial charge in [-0.15, -0.1) is 0 Å². The van der Waals surface area contributed by atoms with E-state index in [0.29, 0.717) is 0 Å². The number of benzene rings is 2. The second-order valence-electron chi connectivity index (χ2n) is 7.65. The lowest BCUT2D eigenvalue weighted by molar-refractivity contribution is 0.234. The summed E-state index contributed by atoms with van der Waals surface area (Å²) in [4.78, 5) is 2.57. The van der Waals surface area contributed by atoms with E-state index < -0.39 is 0 Å². The molecule has 0 atom stereocenters. The van der Waals surface area contributed by atoms with Crippen LogP contribution in [0.3, 0.4) is 0 Å². The van der Waals surface area contributed by atoms with Crippen molar-refractivity contribution in [2.45, 2.75) is 38.8 Å². The van der Waals surface area contributed by atoms with E-state index in [0.717, 1.165) is 24.3 Å². The van der Waals surface area contributed by atoms with Crippen LogP contribution in [-0.2, 0) is 6.54 Å². The molecule has 2 heterocycles. The minimum absolute atomic E-state index is 0.123. The van der Waals surface area contributed by atoms with E-state index in [-0.39, 0.29) is 5.54 Å². The molecule has 3 aromatic rings. The van der Waals surface area contributed by atoms with Crippen LogP contribution < -0.4 is 5.32 Å². The first kappa shape index (κ1) is 15.7. The first-order valence-electron chi connectivity index (χ1n) is 8.98. The Morgan fingerprint density at radius 3 is 2.58 bits per heavy atom. The van der Waals surface area contributed by atoms with Crippen LogP contribution in [-0.4, -0.2) is 30.1 Å². The molecule has 1 aliphatic rings. The smallest absolute Gasteiger partial charge is 0.135 e. The van der Waals surface area contributed by atoms with Crippen molar-refractivity contribution in [3.63, 3.8) is 0 Å². The normalized spacial score (nSPS) is 16.4. The molecule has 0 spiro atoms. The number of furan rings is 1. The fraction of sp³-hybridized carbons (Fsp3) is 0.429. The molecule has 0 amide bonds. The first-order chi connectivity index (χ1) is 11.6. The van der Waals surface area contributed by atoms with Gasteiger partial charge in [0.2, 0.25) is 0 Å². The Kier molecular flexibility index (Phi) is 4.07. The summed E-state index contributed by atoms with van der Waals surface area (Å²) in [6.45, 7) is 9.10. The van der Waals surface area contributed by atoms with Crippen LogP contribution in [0.1, 0.15) is 32.3 Å². The highest BCUT2D eigenvalue weighted by molar-refractivity contribution is 6.04. The molecule has 2 aromatic carbocycles. The predicted octanol–water partition coefficient (Wildman–Crippen LogP) is 4.55. The standard InChI is InChI=1S/C21H26N2O/c1-21(2,15-23-11-5-6-12-23)22-14-16-9-10-20-18(13-16)17-7-3-4-8-19(17)24-20/h3-4,7-10,13,22H,5-6,11-12,14-15H2,1-2H3. The van der Waals surface area contributed by atoms with Gasteiger partial charge in [0, 0.05) is 29.4 Å². The summed E-state index contributed by atoms with van der Waals surface area (Å²) in [6, 6.07) is 14.8. The molecule has 0 saturated carbocycles. The van der Waals surface area contributed by atoms with Gasteiger partial charge in [0.1, 0.15) is 11.2 Å². The van der Waals surface area contributed by atoms with Crippen LogP contribution >= 0.6 is 0 Å². The second kappa shape index (κ2) is 6.23. The van der Waals surface area contributed by atoms with Crippen molar-refractivity contribution < 1.29 is 4.42 Å². The molecule has 0 aliphatic carbocycles. The quantitative estimate of drug-likeness (QED) is 0.747. The van der Waals surface area contributed by atoms with Gasteiger partial charge in [-0.1, -0.05) is 24.3 Å². The molecular weight excluding hydrogens is 296 g/mol. The monoisotopic (exact) mass is 322 g/mol. The third-order valence-electron chi connectivity index (χ3n) is 5.03. The van der Waals surface area contributed by atoms with E-state index in [2.05, 4.69) is 54.4 Å². The Morgan fingerprint density at radius 2 is 1.75 bits per heavy atom. The maximum absolute atomic E-state index is 5.91. The van der Waals surface area contributed by atoms with E-state index in [1.165, 1.54) is 42.3 Å². The van der Waals surface area contributed by atoms with Crippen LogP contribution in [0, 0.1) is 0 Å². The lowest BCUT2D eigenvalue weighted by Crippen LogP contribution is -2.48. The van der Waals surface area contributed by atoms with Gasteiger partial charge < -0.3 is 14.6 Å². The van der Waals surface area contributed by atoms with Crippen molar-refractivity contribution in [2.24, 2.45) is 0 Å². The molecule has 0 unspecified atom stereocenters. The summed E-state index contributed by atoms with van der Waals surface area (Å²) >= 11 is 0. The molecule has 3 nitrogen and oxygen atoms in total. The zero-order valence-corrected chi connectivity index (χ0v) is 14.6. The number of fused-ring (bicyclic) bond motifs is 3. The molecule has 1 aliphatic heterocycles. The fourth-order valence-electron chi connectivity index (χ4n) is 3.78. The third kappa shape index (κ3) is 3.19. The Morgan fingerprint density at radius 1 is 1.00 bits per heavy atom. The van der Waals surface area contributed by atoms with Crippen molar-refractivity contribution in [3.05, 3.63) is 48.0 Å². The maximum Gasteiger partial charge on any atom is 0.135 e. The number of nitrogens with one attached hydrogen (secondary N) is 1. The number of rotatable bonds is 5. The summed E-state index contributed by atoms with van der Waals surface area (Å²) < 4.78 is 5.91. The predicted molar refractivity (Wildman–Crippen MR) is 100 cm³/mol. The van der Waals surface area contributed by atoms with E-state index in [4.69, 9.17) is 4.42 Å². The van der Waals surface area contributed by atoms with Crippen molar-refractivity contribution in [2.75, 3.05) is 19.6 Å². The van der Waals surface area contributed by atoms with Gasteiger partial charge in [-0.2, -0.15) is 0 Å². The van der Waals surface area contributed by atoms with Gasteiger partial charge >= 0.3 is 0 Å². The lowest BCUT2D eigenvalue weighted by atomic mass is 10.0. The Bertz CT molecular complexity index is 843. The first-order valence-corrected chi connectivity index (χ1v) is 8.98. The Labute approximate surface area is 143 Å². The highest BCUT2D eigenvalue weighted by Gasteiger charge is 2.23. The molecule has 126 valence electrons. The van der Waals surface area contributed by atoms with Gasteiger partial charge in [0.25, 0.3) is 0 Å². The van der Waals surface area contributed by atoms with Crippen LogP contribution in [0.15, 0.2) is 46.9 Å². The Balaban J connectivity index is 1.50. The molecule has 24 heavy (non-hydrogen) atoms. The van der Waals surface area contributed by atoms with Crippen LogP contribution in [0.2, 0.25) is 0 Å². The largest absolute Gasteiger partial charge is 0.456 e. The van der Waals surface area contributed by atoms with Gasteiger partial charge in [-0.25, -0.2) is 0 Å². The molecule has 0 bridgehead atoms. The topological polar surface area (TPSA) is 28.4 Å². The zero-order chi connectivity index (χ0) is 16.6. The lowest BCUT2D eigenvalue weighted by Gasteiger charge is -2.31. The molecule has 0 radical (unpaired) electrons. The second-order valence-corrected chi connectivity index (χ2v) is 7.65. The fourth-order valence-corrected chi connectivity index (χ4v) is 3.78. The van der Waals surface area contributed by atoms with Crippen molar-refractivity contribution in [1.82, 2.24) is 10.2 Å². The van der Waals surface area contributed by atoms with Crippen LogP contribution in [0.25, 0.3) is 21.9 Å². The van der Waals surface area contributed by atoms with E-state index in [1.807, 2.05) is 12.1 Å². The summed E-state index contributed by atoms with van der Waals surface area (Å²) in [5.41, 5.74) is 3.37. The molecule has 1 aromatic heterocycles. The number of hydrogen-bond donors (Lipinski definition) is 1. The Hall–Kier alpha value is -1.84. The minimum Gasteiger partial charge on any atom is -0.456 e. The van der Waals surface area contributed by atoms with Crippen molar-refractivity contribution in [3.8, 4) is 0 Å². The number of likely N-dealkylation sites (tertiary alicyclic amines) is 1. The number of hydrogen-bond acceptors (Lipinski definition) is 3. The van der Waals surface area contributed by atoms with Gasteiger partial charge in [-0.3, -0.25) is 0 Å². The summed E-state index contributed by atoms with van der Waals surface area (Å²) in [6.07, 6.45) is 2.70. The minimum atomic E-state index is 0.123. The summed E-state index contributed by atoms with van der Waals surface area (Å²) in [7, 11) is 0. The van der Waals surface area contributed by atoms with Crippen LogP contribution in [0.5, 0.6) is 0 Å². The molecule has 1 N–H and O–H groups in total. The number of nitrogens with zero attached hydrogens (tertiary/aromatic N) is 1. The average Bonchev–Trinajstić information content (AvgIpc) is 3.19. The molecule has 1 saturated heterocycles.